The van der Waals surface area contributed by atoms with Crippen molar-refractivity contribution < 1.29 is 24.0 Å². The van der Waals surface area contributed by atoms with Crippen molar-refractivity contribution in [2.75, 3.05) is 19.0 Å². The molecule has 10 nitrogen and oxygen atoms in total. The number of nitro benzene ring substituents is 1. The zero-order valence-electron chi connectivity index (χ0n) is 16.3. The lowest BCUT2D eigenvalue weighted by molar-refractivity contribution is -0.384. The number of nitrogens with one attached hydrogen (secondary N) is 2. The second kappa shape index (κ2) is 8.40. The number of urea groups is 1. The number of rotatable bonds is 6. The third-order valence-corrected chi connectivity index (χ3v) is 5.49. The number of benzene rings is 2. The maximum absolute atomic E-state index is 12.9. The van der Waals surface area contributed by atoms with E-state index in [-0.39, 0.29) is 21.5 Å². The molecule has 1 atom stereocenters. The Morgan fingerprint density at radius 1 is 1.23 bits per heavy atom. The zero-order valence-corrected chi connectivity index (χ0v) is 17.8. The lowest BCUT2D eigenvalue weighted by atomic mass is 9.92. The van der Waals surface area contributed by atoms with Crippen LogP contribution in [0.25, 0.3) is 0 Å². The van der Waals surface area contributed by atoms with Crippen LogP contribution in [0.1, 0.15) is 12.5 Å². The highest BCUT2D eigenvalue weighted by molar-refractivity contribution is 6.42. The van der Waals surface area contributed by atoms with Crippen molar-refractivity contribution in [1.82, 2.24) is 10.2 Å². The predicted molar refractivity (Wildman–Crippen MR) is 112 cm³/mol. The smallest absolute Gasteiger partial charge is 0.325 e. The number of nitrogens with zero attached hydrogens (tertiary/aromatic N) is 2. The highest BCUT2D eigenvalue weighted by Crippen LogP contribution is 2.33. The van der Waals surface area contributed by atoms with Crippen molar-refractivity contribution in [3.8, 4) is 5.75 Å². The molecule has 3 rings (SSSR count). The first kappa shape index (κ1) is 22.3. The lowest BCUT2D eigenvalue weighted by Crippen LogP contribution is -2.42. The van der Waals surface area contributed by atoms with Crippen LogP contribution in [0.4, 0.5) is 16.2 Å². The number of carbonyl (C=O) groups excluding carboxylic acids is 3. The molecule has 0 aromatic heterocycles. The Kier molecular flexibility index (Phi) is 6.05. The van der Waals surface area contributed by atoms with Crippen LogP contribution in [0.2, 0.25) is 10.0 Å². The number of anilines is 1. The van der Waals surface area contributed by atoms with Crippen LogP contribution in [0, 0.1) is 10.1 Å². The first-order chi connectivity index (χ1) is 14.6. The van der Waals surface area contributed by atoms with Gasteiger partial charge in [0.2, 0.25) is 5.91 Å². The molecule has 1 fully saturated rings. The average molecular weight is 467 g/mol. The summed E-state index contributed by atoms with van der Waals surface area (Å²) in [7, 11) is 1.35. The van der Waals surface area contributed by atoms with Gasteiger partial charge in [-0.25, -0.2) is 4.79 Å². The average Bonchev–Trinajstić information content (AvgIpc) is 2.94. The summed E-state index contributed by atoms with van der Waals surface area (Å²) >= 11 is 11.9. The van der Waals surface area contributed by atoms with Gasteiger partial charge in [0.05, 0.1) is 28.1 Å². The van der Waals surface area contributed by atoms with Gasteiger partial charge in [-0.3, -0.25) is 24.6 Å². The summed E-state index contributed by atoms with van der Waals surface area (Å²) in [5, 5.41) is 16.6. The van der Waals surface area contributed by atoms with Gasteiger partial charge in [-0.05, 0) is 36.8 Å². The Hall–Kier alpha value is -3.37. The number of nitro groups is 1. The van der Waals surface area contributed by atoms with Crippen molar-refractivity contribution >= 4 is 52.4 Å². The monoisotopic (exact) mass is 466 g/mol. The van der Waals surface area contributed by atoms with E-state index in [0.717, 1.165) is 6.07 Å². The Morgan fingerprint density at radius 2 is 1.94 bits per heavy atom. The first-order valence-corrected chi connectivity index (χ1v) is 9.54. The number of halogens is 2. The van der Waals surface area contributed by atoms with Gasteiger partial charge in [-0.1, -0.05) is 29.3 Å². The summed E-state index contributed by atoms with van der Waals surface area (Å²) in [4.78, 5) is 49.1. The Bertz CT molecular complexity index is 1110. The van der Waals surface area contributed by atoms with Crippen LogP contribution < -0.4 is 15.4 Å². The maximum atomic E-state index is 12.9. The van der Waals surface area contributed by atoms with Crippen LogP contribution in [-0.4, -0.2) is 41.3 Å². The summed E-state index contributed by atoms with van der Waals surface area (Å²) in [6, 6.07) is 7.55. The van der Waals surface area contributed by atoms with Crippen LogP contribution in [0.15, 0.2) is 36.4 Å². The molecule has 31 heavy (non-hydrogen) atoms. The number of hydrogen-bond acceptors (Lipinski definition) is 6. The molecule has 1 aliphatic heterocycles. The van der Waals surface area contributed by atoms with Gasteiger partial charge >= 0.3 is 6.03 Å². The van der Waals surface area contributed by atoms with Crippen LogP contribution >= 0.6 is 23.2 Å². The molecule has 4 amide bonds. The predicted octanol–water partition coefficient (Wildman–Crippen LogP) is 3.32. The molecule has 162 valence electrons. The molecule has 0 aliphatic carbocycles. The van der Waals surface area contributed by atoms with E-state index in [1.165, 1.54) is 44.4 Å². The van der Waals surface area contributed by atoms with Gasteiger partial charge in [0.1, 0.15) is 23.5 Å². The Balaban J connectivity index is 1.79. The topological polar surface area (TPSA) is 131 Å². The maximum Gasteiger partial charge on any atom is 0.325 e. The van der Waals surface area contributed by atoms with Crippen molar-refractivity contribution in [3.05, 3.63) is 62.1 Å². The molecule has 0 bridgehead atoms. The normalized spacial score (nSPS) is 18.0. The largest absolute Gasteiger partial charge is 0.496 e. The van der Waals surface area contributed by atoms with Crippen LogP contribution in [-0.2, 0) is 15.1 Å². The van der Waals surface area contributed by atoms with Crippen molar-refractivity contribution in [2.24, 2.45) is 0 Å². The van der Waals surface area contributed by atoms with E-state index in [0.29, 0.717) is 10.5 Å². The Morgan fingerprint density at radius 3 is 2.55 bits per heavy atom. The van der Waals surface area contributed by atoms with Gasteiger partial charge in [0.25, 0.3) is 11.6 Å². The zero-order chi connectivity index (χ0) is 22.9. The molecule has 2 N–H and O–H groups in total. The number of methoxy groups -OCH3 is 1. The molecule has 1 aliphatic rings. The molecular weight excluding hydrogens is 451 g/mol. The van der Waals surface area contributed by atoms with E-state index in [2.05, 4.69) is 10.6 Å². The van der Waals surface area contributed by atoms with Crippen LogP contribution in [0.3, 0.4) is 0 Å². The summed E-state index contributed by atoms with van der Waals surface area (Å²) in [5.74, 6) is -1.25. The SMILES string of the molecule is COc1ccc(NC(=O)CN2C(=O)NC(C)(c3ccc(Cl)c(Cl)c3)C2=O)c([N+](=O)[O-])c1. The van der Waals surface area contributed by atoms with Gasteiger partial charge < -0.3 is 15.4 Å². The van der Waals surface area contributed by atoms with E-state index >= 15 is 0 Å². The number of ether oxygens (including phenoxy) is 1. The second-order valence-electron chi connectivity index (χ2n) is 6.76. The molecule has 12 heteroatoms. The van der Waals surface area contributed by atoms with E-state index in [4.69, 9.17) is 27.9 Å². The number of hydrogen-bond donors (Lipinski definition) is 2. The third-order valence-electron chi connectivity index (χ3n) is 4.75. The quantitative estimate of drug-likeness (QED) is 0.381. The van der Waals surface area contributed by atoms with Gasteiger partial charge in [0.15, 0.2) is 0 Å². The highest BCUT2D eigenvalue weighted by atomic mass is 35.5. The summed E-state index contributed by atoms with van der Waals surface area (Å²) in [5.41, 5.74) is -1.58. The standard InChI is InChI=1S/C19H16Cl2N4O6/c1-19(10-3-5-12(20)13(21)7-10)17(27)24(18(28)23-19)9-16(26)22-14-6-4-11(31-2)8-15(14)25(29)30/h3-8H,9H2,1-2H3,(H,22,26)(H,23,28). The van der Waals surface area contributed by atoms with Crippen molar-refractivity contribution in [2.45, 2.75) is 12.5 Å². The highest BCUT2D eigenvalue weighted by Gasteiger charge is 2.49. The molecule has 0 radical (unpaired) electrons. The number of carbonyl (C=O) groups is 3. The summed E-state index contributed by atoms with van der Waals surface area (Å²) < 4.78 is 4.94. The molecule has 0 saturated carbocycles. The molecule has 1 heterocycles. The molecule has 0 spiro atoms. The minimum Gasteiger partial charge on any atom is -0.496 e. The number of amides is 4. The fourth-order valence-corrected chi connectivity index (χ4v) is 3.37. The summed E-state index contributed by atoms with van der Waals surface area (Å²) in [6.07, 6.45) is 0. The fourth-order valence-electron chi connectivity index (χ4n) is 3.07. The molecule has 1 saturated heterocycles. The minimum atomic E-state index is -1.46. The van der Waals surface area contributed by atoms with Crippen LogP contribution in [0.5, 0.6) is 5.75 Å². The lowest BCUT2D eigenvalue weighted by Gasteiger charge is -2.22. The molecular formula is C19H16Cl2N4O6. The second-order valence-corrected chi connectivity index (χ2v) is 7.58. The van der Waals surface area contributed by atoms with Gasteiger partial charge in [-0.15, -0.1) is 0 Å². The van der Waals surface area contributed by atoms with E-state index < -0.39 is 40.5 Å². The van der Waals surface area contributed by atoms with Gasteiger partial charge in [0, 0.05) is 0 Å². The fraction of sp³-hybridized carbons (Fsp3) is 0.211. The molecule has 1 unspecified atom stereocenters. The molecule has 2 aromatic rings. The summed E-state index contributed by atoms with van der Waals surface area (Å²) in [6.45, 7) is 0.823. The van der Waals surface area contributed by atoms with E-state index in [9.17, 15) is 24.5 Å². The molecule has 2 aromatic carbocycles. The van der Waals surface area contributed by atoms with E-state index in [1.54, 1.807) is 0 Å². The van der Waals surface area contributed by atoms with Crippen molar-refractivity contribution in [1.29, 1.82) is 0 Å². The Labute approximate surface area is 186 Å². The van der Waals surface area contributed by atoms with Crippen molar-refractivity contribution in [3.63, 3.8) is 0 Å². The third kappa shape index (κ3) is 4.25. The number of imide groups is 1. The minimum absolute atomic E-state index is 0.102. The van der Waals surface area contributed by atoms with E-state index in [1.807, 2.05) is 0 Å². The first-order valence-electron chi connectivity index (χ1n) is 8.78. The van der Waals surface area contributed by atoms with Gasteiger partial charge in [-0.2, -0.15) is 0 Å².